The van der Waals surface area contributed by atoms with Gasteiger partial charge in [-0.2, -0.15) is 0 Å². The lowest BCUT2D eigenvalue weighted by Crippen LogP contribution is -2.60. The van der Waals surface area contributed by atoms with Crippen LogP contribution in [-0.2, 0) is 61.9 Å². The molecule has 4 spiro atoms. The Kier molecular flexibility index (Phi) is 18.1. The average molecular weight is 1340 g/mol. The molecule has 18 nitrogen and oxygen atoms in total. The highest BCUT2D eigenvalue weighted by Gasteiger charge is 2.87. The van der Waals surface area contributed by atoms with Crippen LogP contribution in [0.25, 0.3) is 0 Å². The predicted octanol–water partition coefficient (Wildman–Crippen LogP) is 11.0. The summed E-state index contributed by atoms with van der Waals surface area (Å²) in [4.78, 5) is 60.9. The first-order valence-electron chi connectivity index (χ1n) is 38.5. The molecule has 12 saturated carbocycles. The van der Waals surface area contributed by atoms with Crippen molar-refractivity contribution in [3.05, 3.63) is 0 Å². The maximum atomic E-state index is 12.9. The first kappa shape index (κ1) is 70.2. The number of aliphatic hydroxyl groups excluding tert-OH is 3. The standard InChI is InChI=1S/C38H59NO7.C36H57NO6.C4H6O3/c1-22-17-25(20-44-23(2)40)45-32-31(22)35(5)13-14-38-21-37(38)12-11-28(34(3,4)26(37)9-10-27(38)36(35,6)33(32)42)46-30-19-39(15-16-43-30)29(41)18-24-7-8-24;1-21-16-23(19-38)42-30-29(21)33(4)12-13-36-20-35(36)11-10-26(32(2,3)24(35)8-9-25(36)34(33,5)31(30)40)43-28-18-37(14-15-41-28)27(39)17-22-6-7-22;1-3(5)7-4(2)6/h22,24-28,30-33,42H,7-21H2,1-6H3;21-26,28-31,38,40H,6-20H2,1-5H3;1-2H3/t22-,25-,26+,27+,28+,30+,31+,32+,33+,35-,36-,37-,38+;21-,23-,24+,25+,26+,28+,29+,30+,31+,33-,34-,35-,36+;/m11./s1. The number of esters is 3. The minimum absolute atomic E-state index is 0.0157. The molecular weight excluding hydrogens is 1220 g/mol. The van der Waals surface area contributed by atoms with Gasteiger partial charge in [-0.05, 0) is 231 Å². The molecule has 0 aromatic carbocycles. The van der Waals surface area contributed by atoms with Crippen molar-refractivity contribution in [1.29, 1.82) is 0 Å². The minimum atomic E-state index is -0.562. The molecule has 3 N–H and O–H groups in total. The maximum Gasteiger partial charge on any atom is 0.310 e. The second-order valence-electron chi connectivity index (χ2n) is 37.2. The van der Waals surface area contributed by atoms with E-state index < -0.39 is 24.1 Å². The number of ether oxygens (including phenoxy) is 8. The van der Waals surface area contributed by atoms with Crippen LogP contribution < -0.4 is 0 Å². The van der Waals surface area contributed by atoms with Gasteiger partial charge >= 0.3 is 17.9 Å². The lowest BCUT2D eigenvalue weighted by molar-refractivity contribution is -0.248. The molecule has 0 unspecified atom stereocenters. The Morgan fingerprint density at radius 2 is 0.896 bits per heavy atom. The van der Waals surface area contributed by atoms with E-state index in [1.165, 1.54) is 111 Å². The number of hydrogen-bond donors (Lipinski definition) is 3. The molecule has 2 amide bonds. The summed E-state index contributed by atoms with van der Waals surface area (Å²) in [6.07, 6.45) is 22.5. The number of hydrogen-bond acceptors (Lipinski definition) is 16. The van der Waals surface area contributed by atoms with Gasteiger partial charge in [-0.15, -0.1) is 0 Å². The topological polar surface area (TPSA) is 226 Å². The van der Waals surface area contributed by atoms with Gasteiger partial charge < -0.3 is 63.0 Å². The van der Waals surface area contributed by atoms with Crippen molar-refractivity contribution < 1.29 is 77.2 Å². The van der Waals surface area contributed by atoms with E-state index in [9.17, 15) is 39.3 Å². The molecule has 4 saturated heterocycles. The van der Waals surface area contributed by atoms with Crippen LogP contribution >= 0.6 is 0 Å². The second kappa shape index (κ2) is 24.7. The van der Waals surface area contributed by atoms with Crippen LogP contribution in [0.1, 0.15) is 231 Å². The van der Waals surface area contributed by atoms with Crippen molar-refractivity contribution in [2.75, 3.05) is 52.6 Å². The van der Waals surface area contributed by atoms with Gasteiger partial charge in [0, 0.05) is 57.5 Å². The number of carbonyl (C=O) groups is 5. The Bertz CT molecular complexity index is 2980. The molecular formula is C78H122N2O16. The van der Waals surface area contributed by atoms with Gasteiger partial charge in [-0.1, -0.05) is 69.2 Å². The summed E-state index contributed by atoms with van der Waals surface area (Å²) in [7, 11) is 0. The number of amides is 2. The van der Waals surface area contributed by atoms with E-state index in [1.807, 2.05) is 9.80 Å². The first-order valence-corrected chi connectivity index (χ1v) is 38.5. The van der Waals surface area contributed by atoms with Gasteiger partial charge in [0.05, 0.1) is 81.7 Å². The van der Waals surface area contributed by atoms with Crippen molar-refractivity contribution in [3.63, 3.8) is 0 Å². The van der Waals surface area contributed by atoms with Crippen LogP contribution in [0.15, 0.2) is 0 Å². The van der Waals surface area contributed by atoms with E-state index in [0.717, 1.165) is 38.5 Å². The van der Waals surface area contributed by atoms with Crippen LogP contribution in [-0.4, -0.2) is 169 Å². The van der Waals surface area contributed by atoms with Gasteiger partial charge in [0.25, 0.3) is 0 Å². The summed E-state index contributed by atoms with van der Waals surface area (Å²) in [5, 5.41) is 34.5. The summed E-state index contributed by atoms with van der Waals surface area (Å²) < 4.78 is 48.4. The molecule has 16 rings (SSSR count). The molecule has 96 heavy (non-hydrogen) atoms. The first-order chi connectivity index (χ1) is 45.3. The lowest BCUT2D eigenvalue weighted by Gasteiger charge is -2.64. The summed E-state index contributed by atoms with van der Waals surface area (Å²) in [6.45, 7) is 32.1. The van der Waals surface area contributed by atoms with E-state index in [2.05, 4.69) is 74.0 Å². The average Bonchev–Trinajstić information content (AvgIpc) is 1.46. The van der Waals surface area contributed by atoms with Crippen LogP contribution in [0, 0.1) is 113 Å². The monoisotopic (exact) mass is 1340 g/mol. The van der Waals surface area contributed by atoms with Crippen molar-refractivity contribution in [2.45, 2.75) is 293 Å². The highest BCUT2D eigenvalue weighted by Crippen LogP contribution is 2.91. The molecule has 16 aliphatic rings. The Morgan fingerprint density at radius 3 is 1.28 bits per heavy atom. The van der Waals surface area contributed by atoms with Gasteiger partial charge in [0.2, 0.25) is 11.8 Å². The summed E-state index contributed by atoms with van der Waals surface area (Å²) in [5.41, 5.74) is 1.02. The molecule has 540 valence electrons. The Morgan fingerprint density at radius 1 is 0.500 bits per heavy atom. The van der Waals surface area contributed by atoms with Crippen LogP contribution in [0.3, 0.4) is 0 Å². The molecule has 26 atom stereocenters. The molecule has 0 radical (unpaired) electrons. The zero-order chi connectivity index (χ0) is 68.5. The van der Waals surface area contributed by atoms with E-state index in [0.29, 0.717) is 128 Å². The fourth-order valence-electron chi connectivity index (χ4n) is 27.5. The number of nitrogens with zero attached hydrogens (tertiary/aromatic N) is 2. The fourth-order valence-corrected chi connectivity index (χ4v) is 27.5. The summed E-state index contributed by atoms with van der Waals surface area (Å²) in [6, 6.07) is 0. The van der Waals surface area contributed by atoms with E-state index in [1.54, 1.807) is 0 Å². The smallest absolute Gasteiger partial charge is 0.310 e. The van der Waals surface area contributed by atoms with Crippen molar-refractivity contribution in [1.82, 2.24) is 9.80 Å². The quantitative estimate of drug-likeness (QED) is 0.129. The third kappa shape index (κ3) is 10.8. The van der Waals surface area contributed by atoms with Gasteiger partial charge in [-0.25, -0.2) is 0 Å². The normalized spacial score (nSPS) is 50.1. The molecule has 12 aliphatic carbocycles. The maximum absolute atomic E-state index is 12.9. The zero-order valence-corrected chi connectivity index (χ0v) is 60.8. The third-order valence-corrected chi connectivity index (χ3v) is 32.3. The van der Waals surface area contributed by atoms with Crippen molar-refractivity contribution in [2.24, 2.45) is 113 Å². The molecule has 4 heterocycles. The Labute approximate surface area is 572 Å². The number of rotatable bonds is 11. The van der Waals surface area contributed by atoms with Crippen LogP contribution in [0.2, 0.25) is 0 Å². The Balaban J connectivity index is 0.000000150. The second-order valence-corrected chi connectivity index (χ2v) is 37.2. The number of morpholine rings is 2. The summed E-state index contributed by atoms with van der Waals surface area (Å²) in [5.74, 6) is 4.07. The van der Waals surface area contributed by atoms with Gasteiger partial charge in [-0.3, -0.25) is 24.0 Å². The number of aliphatic hydroxyl groups is 3. The minimum Gasteiger partial charge on any atom is -0.463 e. The summed E-state index contributed by atoms with van der Waals surface area (Å²) >= 11 is 0. The van der Waals surface area contributed by atoms with Gasteiger partial charge in [0.15, 0.2) is 12.6 Å². The lowest BCUT2D eigenvalue weighted by atomic mass is 9.41. The molecule has 0 bridgehead atoms. The highest BCUT2D eigenvalue weighted by atomic mass is 16.7. The molecule has 16 fully saturated rings. The molecule has 0 aromatic heterocycles. The third-order valence-electron chi connectivity index (χ3n) is 32.3. The fraction of sp³-hybridized carbons (Fsp3) is 0.936. The largest absolute Gasteiger partial charge is 0.463 e. The molecule has 0 aromatic rings. The van der Waals surface area contributed by atoms with Crippen molar-refractivity contribution in [3.8, 4) is 0 Å². The predicted molar refractivity (Wildman–Crippen MR) is 355 cm³/mol. The molecule has 18 heteroatoms. The highest BCUT2D eigenvalue weighted by molar-refractivity contribution is 5.82. The van der Waals surface area contributed by atoms with E-state index in [4.69, 9.17) is 33.2 Å². The van der Waals surface area contributed by atoms with Crippen LogP contribution in [0.5, 0.6) is 0 Å². The number of fused-ring (bicyclic) bond motifs is 8. The SMILES string of the molecule is CC(=O)OC(C)=O.CC(=O)OC[C@H]1C[C@@H](C)[C@H]2[C@H](O1)[C@H](O)[C@@]1(C)[C@@H]3CC[C@H]4C(C)(C)[C@@H](O[C@H]5CN(C(=O)CC6CC6)CCO5)CC[C@@]45C[C@@]35CC[C@]21C.C[C@@H]1C[C@H](CO)O[C@H]2[C@H]1[C@@]1(C)CC[C@@]34C[C@@]35CC[C@H](O[C@H]3CN(C(=O)CC6CC6)CCO3)C(C)(C)[C@@H]5CC[C@H]4[C@]1(C)[C@H]2O. The zero-order valence-electron chi connectivity index (χ0n) is 60.8. The van der Waals surface area contributed by atoms with Crippen LogP contribution in [0.4, 0.5) is 0 Å². The van der Waals surface area contributed by atoms with Crippen molar-refractivity contribution >= 4 is 29.7 Å². The van der Waals surface area contributed by atoms with E-state index in [-0.39, 0.29) is 118 Å². The van der Waals surface area contributed by atoms with Gasteiger partial charge in [0.1, 0.15) is 6.61 Å². The molecule has 4 aliphatic heterocycles. The Hall–Kier alpha value is -2.81. The number of carbonyl (C=O) groups excluding carboxylic acids is 5. The van der Waals surface area contributed by atoms with E-state index >= 15 is 0 Å².